The molecule has 0 radical (unpaired) electrons. The number of nitrogens with zero attached hydrogens (tertiary/aromatic N) is 1. The van der Waals surface area contributed by atoms with Crippen molar-refractivity contribution in [1.82, 2.24) is 15.5 Å². The first-order valence-corrected chi connectivity index (χ1v) is 9.90. The summed E-state index contributed by atoms with van der Waals surface area (Å²) in [6.45, 7) is 0.578. The number of fused-ring (bicyclic) bond motifs is 1. The minimum atomic E-state index is -0.644. The number of carbonyl (C=O) groups is 4. The molecule has 2 aromatic carbocycles. The van der Waals surface area contributed by atoms with E-state index in [0.717, 1.165) is 11.1 Å². The molecule has 0 aliphatic carbocycles. The standard InChI is InChI=1S/C22H22N4O5/c1-31-16-5-3-15(4-6-16)24-22(30)23-11-13-2-7-17-14(10-13)12-26(21(17)29)18-8-9-19(27)25-20(18)28/h2-7,10,18H,8-9,11-12H2,1H3,(H2,23,24,30)(H,25,27,28). The van der Waals surface area contributed by atoms with Gasteiger partial charge in [-0.3, -0.25) is 19.7 Å². The summed E-state index contributed by atoms with van der Waals surface area (Å²) < 4.78 is 5.09. The molecule has 1 saturated heterocycles. The molecule has 0 saturated carbocycles. The number of benzene rings is 2. The van der Waals surface area contributed by atoms with E-state index >= 15 is 0 Å². The van der Waals surface area contributed by atoms with Crippen molar-refractivity contribution >= 4 is 29.4 Å². The van der Waals surface area contributed by atoms with Gasteiger partial charge in [-0.1, -0.05) is 12.1 Å². The van der Waals surface area contributed by atoms with Crippen molar-refractivity contribution in [3.05, 3.63) is 59.2 Å². The molecule has 9 nitrogen and oxygen atoms in total. The topological polar surface area (TPSA) is 117 Å². The normalized spacial score (nSPS) is 17.8. The zero-order valence-electron chi connectivity index (χ0n) is 16.9. The van der Waals surface area contributed by atoms with Crippen molar-refractivity contribution in [1.29, 1.82) is 0 Å². The van der Waals surface area contributed by atoms with Gasteiger partial charge in [0.05, 0.1) is 7.11 Å². The summed E-state index contributed by atoms with van der Waals surface area (Å²) in [7, 11) is 1.57. The van der Waals surface area contributed by atoms with Gasteiger partial charge in [0, 0.05) is 30.8 Å². The number of hydrogen-bond donors (Lipinski definition) is 3. The van der Waals surface area contributed by atoms with Gasteiger partial charge in [-0.05, 0) is 47.9 Å². The Balaban J connectivity index is 1.36. The molecule has 0 bridgehead atoms. The summed E-state index contributed by atoms with van der Waals surface area (Å²) >= 11 is 0. The van der Waals surface area contributed by atoms with Gasteiger partial charge in [-0.25, -0.2) is 4.79 Å². The van der Waals surface area contributed by atoms with Gasteiger partial charge >= 0.3 is 6.03 Å². The van der Waals surface area contributed by atoms with Gasteiger partial charge in [0.25, 0.3) is 5.91 Å². The van der Waals surface area contributed by atoms with E-state index in [9.17, 15) is 19.2 Å². The molecule has 1 fully saturated rings. The van der Waals surface area contributed by atoms with Crippen molar-refractivity contribution in [2.45, 2.75) is 32.0 Å². The van der Waals surface area contributed by atoms with Crippen LogP contribution in [-0.2, 0) is 22.7 Å². The lowest BCUT2D eigenvalue weighted by molar-refractivity contribution is -0.136. The predicted octanol–water partition coefficient (Wildman–Crippen LogP) is 1.78. The molecule has 2 aliphatic heterocycles. The third kappa shape index (κ3) is 4.35. The molecule has 9 heteroatoms. The maximum absolute atomic E-state index is 12.7. The van der Waals surface area contributed by atoms with Crippen molar-refractivity contribution in [3.63, 3.8) is 0 Å². The van der Waals surface area contributed by atoms with E-state index in [2.05, 4.69) is 16.0 Å². The van der Waals surface area contributed by atoms with E-state index < -0.39 is 11.9 Å². The molecule has 31 heavy (non-hydrogen) atoms. The van der Waals surface area contributed by atoms with Crippen LogP contribution in [0.1, 0.15) is 34.3 Å². The Morgan fingerprint density at radius 2 is 1.94 bits per heavy atom. The smallest absolute Gasteiger partial charge is 0.319 e. The minimum absolute atomic E-state index is 0.217. The van der Waals surface area contributed by atoms with Crippen molar-refractivity contribution in [3.8, 4) is 5.75 Å². The van der Waals surface area contributed by atoms with Crippen LogP contribution in [0.15, 0.2) is 42.5 Å². The highest BCUT2D eigenvalue weighted by molar-refractivity contribution is 6.05. The van der Waals surface area contributed by atoms with E-state index in [1.54, 1.807) is 43.5 Å². The molecule has 0 spiro atoms. The van der Waals surface area contributed by atoms with Crippen LogP contribution in [0.2, 0.25) is 0 Å². The Labute approximate surface area is 178 Å². The molecule has 1 atom stereocenters. The first-order valence-electron chi connectivity index (χ1n) is 9.90. The third-order valence-electron chi connectivity index (χ3n) is 5.39. The summed E-state index contributed by atoms with van der Waals surface area (Å²) in [5.41, 5.74) is 2.81. The first kappa shape index (κ1) is 20.4. The number of imide groups is 1. The molecule has 2 heterocycles. The molecular weight excluding hydrogens is 400 g/mol. The summed E-state index contributed by atoms with van der Waals surface area (Å²) in [5, 5.41) is 7.82. The highest BCUT2D eigenvalue weighted by atomic mass is 16.5. The molecule has 4 rings (SSSR count). The van der Waals surface area contributed by atoms with Crippen molar-refractivity contribution in [2.24, 2.45) is 0 Å². The fourth-order valence-corrected chi connectivity index (χ4v) is 3.77. The average Bonchev–Trinajstić information content (AvgIpc) is 3.08. The van der Waals surface area contributed by atoms with Crippen molar-refractivity contribution < 1.29 is 23.9 Å². The summed E-state index contributed by atoms with van der Waals surface area (Å²) in [6.07, 6.45) is 0.541. The highest BCUT2D eigenvalue weighted by Gasteiger charge is 2.39. The van der Waals surface area contributed by atoms with E-state index in [4.69, 9.17) is 4.74 Å². The van der Waals surface area contributed by atoms with E-state index in [1.165, 1.54) is 4.90 Å². The molecular formula is C22H22N4O5. The summed E-state index contributed by atoms with van der Waals surface area (Å²) in [4.78, 5) is 49.9. The molecule has 1 unspecified atom stereocenters. The molecule has 0 aromatic heterocycles. The second-order valence-electron chi connectivity index (χ2n) is 7.43. The van der Waals surface area contributed by atoms with Gasteiger partial charge in [0.2, 0.25) is 11.8 Å². The van der Waals surface area contributed by atoms with Crippen LogP contribution < -0.4 is 20.7 Å². The number of rotatable bonds is 5. The number of urea groups is 1. The number of carbonyl (C=O) groups excluding carboxylic acids is 4. The minimum Gasteiger partial charge on any atom is -0.497 e. The Morgan fingerprint density at radius 1 is 1.16 bits per heavy atom. The average molecular weight is 422 g/mol. The van der Waals surface area contributed by atoms with Crippen LogP contribution in [-0.4, -0.2) is 41.8 Å². The lowest BCUT2D eigenvalue weighted by Crippen LogP contribution is -2.52. The second kappa shape index (κ2) is 8.47. The second-order valence-corrected chi connectivity index (χ2v) is 7.43. The van der Waals surface area contributed by atoms with E-state index in [1.807, 2.05) is 6.07 Å². The van der Waals surface area contributed by atoms with Gasteiger partial charge < -0.3 is 20.3 Å². The van der Waals surface area contributed by atoms with Gasteiger partial charge in [0.1, 0.15) is 11.8 Å². The maximum Gasteiger partial charge on any atom is 0.319 e. The Hall–Kier alpha value is -3.88. The number of hydrogen-bond acceptors (Lipinski definition) is 5. The number of amides is 5. The fraction of sp³-hybridized carbons (Fsp3) is 0.273. The quantitative estimate of drug-likeness (QED) is 0.635. The van der Waals surface area contributed by atoms with Gasteiger partial charge in [-0.15, -0.1) is 0 Å². The fourth-order valence-electron chi connectivity index (χ4n) is 3.77. The predicted molar refractivity (Wildman–Crippen MR) is 111 cm³/mol. The van der Waals surface area contributed by atoms with Crippen LogP contribution >= 0.6 is 0 Å². The molecule has 2 aromatic rings. The summed E-state index contributed by atoms with van der Waals surface area (Å²) in [5.74, 6) is -0.271. The largest absolute Gasteiger partial charge is 0.497 e. The lowest BCUT2D eigenvalue weighted by Gasteiger charge is -2.29. The van der Waals surface area contributed by atoms with Crippen LogP contribution in [0.3, 0.4) is 0 Å². The monoisotopic (exact) mass is 422 g/mol. The maximum atomic E-state index is 12.7. The van der Waals surface area contributed by atoms with Gasteiger partial charge in [-0.2, -0.15) is 0 Å². The first-order chi connectivity index (χ1) is 14.9. The van der Waals surface area contributed by atoms with Crippen molar-refractivity contribution in [2.75, 3.05) is 12.4 Å². The zero-order chi connectivity index (χ0) is 22.0. The van der Waals surface area contributed by atoms with E-state index in [0.29, 0.717) is 30.0 Å². The molecule has 2 aliphatic rings. The molecule has 160 valence electrons. The lowest BCUT2D eigenvalue weighted by atomic mass is 10.0. The SMILES string of the molecule is COc1ccc(NC(=O)NCc2ccc3c(c2)CN(C2CCC(=O)NC2=O)C3=O)cc1. The van der Waals surface area contributed by atoms with Crippen LogP contribution in [0, 0.1) is 0 Å². The number of anilines is 1. The highest BCUT2D eigenvalue weighted by Crippen LogP contribution is 2.28. The molecule has 5 amide bonds. The zero-order valence-corrected chi connectivity index (χ0v) is 16.9. The number of nitrogens with one attached hydrogen (secondary N) is 3. The van der Waals surface area contributed by atoms with E-state index in [-0.39, 0.29) is 30.8 Å². The van der Waals surface area contributed by atoms with Crippen LogP contribution in [0.5, 0.6) is 5.75 Å². The summed E-state index contributed by atoms with van der Waals surface area (Å²) in [6, 6.07) is 11.3. The Morgan fingerprint density at radius 3 is 2.65 bits per heavy atom. The number of methoxy groups -OCH3 is 1. The van der Waals surface area contributed by atoms with Crippen LogP contribution in [0.25, 0.3) is 0 Å². The Bertz CT molecular complexity index is 1050. The Kier molecular flexibility index (Phi) is 5.57. The molecule has 3 N–H and O–H groups in total. The van der Waals surface area contributed by atoms with Crippen LogP contribution in [0.4, 0.5) is 10.5 Å². The number of ether oxygens (including phenoxy) is 1. The third-order valence-corrected chi connectivity index (χ3v) is 5.39. The van der Waals surface area contributed by atoms with Gasteiger partial charge in [0.15, 0.2) is 0 Å². The number of piperidine rings is 1.